The second kappa shape index (κ2) is 9.48. The summed E-state index contributed by atoms with van der Waals surface area (Å²) >= 11 is 2.84. The minimum atomic E-state index is -1.12. The molecule has 1 aromatic rings. The Morgan fingerprint density at radius 2 is 2.00 bits per heavy atom. The molecule has 2 amide bonds. The maximum absolute atomic E-state index is 12.5. The van der Waals surface area contributed by atoms with Gasteiger partial charge in [0.2, 0.25) is 5.91 Å². The lowest BCUT2D eigenvalue weighted by atomic mass is 9.79. The molecule has 186 valence electrons. The van der Waals surface area contributed by atoms with E-state index in [1.54, 1.807) is 12.3 Å². The van der Waals surface area contributed by atoms with E-state index in [9.17, 15) is 29.7 Å². The van der Waals surface area contributed by atoms with E-state index in [0.717, 1.165) is 0 Å². The van der Waals surface area contributed by atoms with Crippen molar-refractivity contribution in [3.05, 3.63) is 21.7 Å². The molecule has 0 radical (unpaired) electrons. The number of carbonyl (C=O) groups excluding carboxylic acids is 2. The first kappa shape index (κ1) is 25.0. The normalized spacial score (nSPS) is 26.3. The molecule has 0 aromatic carbocycles. The number of fused-ring (bicyclic) bond motifs is 1. The first-order valence-electron chi connectivity index (χ1n) is 11.3. The van der Waals surface area contributed by atoms with Crippen molar-refractivity contribution < 1.29 is 29.7 Å². The molecule has 0 spiro atoms. The highest BCUT2D eigenvalue weighted by molar-refractivity contribution is 8.03. The molecule has 4 heterocycles. The summed E-state index contributed by atoms with van der Waals surface area (Å²) < 4.78 is 0. The lowest BCUT2D eigenvalue weighted by Gasteiger charge is -2.46. The molecule has 1 aromatic heterocycles. The number of thioether (sulfide) groups is 1. The van der Waals surface area contributed by atoms with Gasteiger partial charge in [-0.1, -0.05) is 20.8 Å². The molecule has 0 aliphatic carbocycles. The Morgan fingerprint density at radius 3 is 2.56 bits per heavy atom. The van der Waals surface area contributed by atoms with E-state index in [1.807, 2.05) is 25.7 Å². The number of rotatable bonds is 9. The van der Waals surface area contributed by atoms with E-state index in [0.29, 0.717) is 28.8 Å². The Hall–Kier alpha value is -2.15. The van der Waals surface area contributed by atoms with Gasteiger partial charge in [-0.25, -0.2) is 9.78 Å². The van der Waals surface area contributed by atoms with Gasteiger partial charge in [0.25, 0.3) is 5.91 Å². The molecule has 0 bridgehead atoms. The molecule has 3 aliphatic rings. The number of nitrogens with zero attached hydrogens (tertiary/aromatic N) is 3. The summed E-state index contributed by atoms with van der Waals surface area (Å²) in [6.07, 6.45) is -0.820. The molecule has 2 fully saturated rings. The topological polar surface area (TPSA) is 143 Å². The zero-order valence-electron chi connectivity index (χ0n) is 19.5. The number of carboxylic acids is 1. The van der Waals surface area contributed by atoms with Crippen LogP contribution in [0, 0.1) is 17.8 Å². The summed E-state index contributed by atoms with van der Waals surface area (Å²) in [5.41, 5.74) is 0.349. The first-order chi connectivity index (χ1) is 16.0. The third-order valence-corrected chi connectivity index (χ3v) is 9.12. The van der Waals surface area contributed by atoms with Crippen molar-refractivity contribution in [1.82, 2.24) is 15.2 Å². The van der Waals surface area contributed by atoms with Crippen molar-refractivity contribution in [1.29, 1.82) is 0 Å². The fraction of sp³-hybridized carbons (Fsp3) is 0.636. The van der Waals surface area contributed by atoms with Crippen LogP contribution in [0.25, 0.3) is 0 Å². The maximum Gasteiger partial charge on any atom is 0.353 e. The van der Waals surface area contributed by atoms with Crippen LogP contribution in [-0.2, 0) is 9.59 Å². The molecule has 4 rings (SSSR count). The quantitative estimate of drug-likeness (QED) is 0.357. The SMILES string of the molecule is CC(C)[C@@H](CO)NC(=O)c1csc(N2CC(SC3=C(C(=O)O)N4C(=O)[C@H]([C@@H](C)O)[C@H]4[C@H]3C)C2)n1. The van der Waals surface area contributed by atoms with Crippen LogP contribution in [-0.4, -0.2) is 86.1 Å². The van der Waals surface area contributed by atoms with Crippen molar-refractivity contribution in [2.24, 2.45) is 17.8 Å². The smallest absolute Gasteiger partial charge is 0.353 e. The van der Waals surface area contributed by atoms with Crippen molar-refractivity contribution in [2.45, 2.75) is 51.1 Å². The molecule has 12 heteroatoms. The number of aliphatic hydroxyl groups is 2. The number of aliphatic carboxylic acids is 1. The van der Waals surface area contributed by atoms with Crippen LogP contribution in [0.3, 0.4) is 0 Å². The number of nitrogens with one attached hydrogen (secondary N) is 1. The number of aliphatic hydroxyl groups excluding tert-OH is 2. The second-order valence-corrected chi connectivity index (χ2v) is 11.6. The van der Waals surface area contributed by atoms with Crippen molar-refractivity contribution >= 4 is 46.0 Å². The van der Waals surface area contributed by atoms with Crippen LogP contribution in [0.4, 0.5) is 5.13 Å². The Kier molecular flexibility index (Phi) is 6.96. The standard InChI is InChI=1S/C22H30N4O6S2/c1-9(2)13(7-27)23-19(29)14-8-33-22(24-14)25-5-12(6-25)34-18-10(3)16-15(11(4)28)20(30)26(16)17(18)21(31)32/h8-13,15-16,27-28H,5-7H2,1-4H3,(H,23,29)(H,31,32)/t10-,11-,13-,15-,16-/m1/s1. The van der Waals surface area contributed by atoms with E-state index in [-0.39, 0.29) is 53.3 Å². The van der Waals surface area contributed by atoms with Crippen molar-refractivity contribution in [3.63, 3.8) is 0 Å². The molecule has 3 aliphatic heterocycles. The number of hydrogen-bond acceptors (Lipinski definition) is 9. The van der Waals surface area contributed by atoms with Crippen LogP contribution in [0.15, 0.2) is 16.0 Å². The van der Waals surface area contributed by atoms with Crippen LogP contribution in [0.5, 0.6) is 0 Å². The Labute approximate surface area is 206 Å². The predicted molar refractivity (Wildman–Crippen MR) is 129 cm³/mol. The van der Waals surface area contributed by atoms with Gasteiger partial charge in [-0.15, -0.1) is 23.1 Å². The van der Waals surface area contributed by atoms with E-state index in [2.05, 4.69) is 10.3 Å². The van der Waals surface area contributed by atoms with Gasteiger partial charge in [-0.05, 0) is 12.8 Å². The number of thiazole rings is 1. The third-order valence-electron chi connectivity index (χ3n) is 6.77. The summed E-state index contributed by atoms with van der Waals surface area (Å²) in [7, 11) is 0. The van der Waals surface area contributed by atoms with E-state index >= 15 is 0 Å². The van der Waals surface area contributed by atoms with E-state index in [1.165, 1.54) is 28.0 Å². The van der Waals surface area contributed by atoms with Gasteiger partial charge in [0.15, 0.2) is 5.13 Å². The Balaban J connectivity index is 1.38. The van der Waals surface area contributed by atoms with Crippen molar-refractivity contribution in [3.8, 4) is 0 Å². The molecule has 2 saturated heterocycles. The number of carboxylic acid groups (broad SMARTS) is 1. The maximum atomic E-state index is 12.5. The number of carbonyl (C=O) groups is 3. The number of hydrogen-bond donors (Lipinski definition) is 4. The molecule has 34 heavy (non-hydrogen) atoms. The third kappa shape index (κ3) is 4.21. The lowest BCUT2D eigenvalue weighted by Crippen LogP contribution is -2.63. The van der Waals surface area contributed by atoms with Crippen LogP contribution >= 0.6 is 23.1 Å². The molecule has 10 nitrogen and oxygen atoms in total. The van der Waals surface area contributed by atoms with Gasteiger partial charge in [-0.3, -0.25) is 9.59 Å². The van der Waals surface area contributed by atoms with Gasteiger partial charge in [0.05, 0.1) is 30.7 Å². The van der Waals surface area contributed by atoms with Gasteiger partial charge in [0.1, 0.15) is 11.4 Å². The molecule has 5 atom stereocenters. The van der Waals surface area contributed by atoms with Gasteiger partial charge in [0, 0.05) is 34.5 Å². The van der Waals surface area contributed by atoms with Gasteiger partial charge in [-0.2, -0.15) is 0 Å². The summed E-state index contributed by atoms with van der Waals surface area (Å²) in [5.74, 6) is -2.40. The number of β-lactam (4-membered cyclic amide) rings is 1. The van der Waals surface area contributed by atoms with E-state index in [4.69, 9.17) is 0 Å². The van der Waals surface area contributed by atoms with Crippen LogP contribution in [0.2, 0.25) is 0 Å². The van der Waals surface area contributed by atoms with E-state index < -0.39 is 18.0 Å². The fourth-order valence-corrected chi connectivity index (χ4v) is 7.05. The minimum absolute atomic E-state index is 0.0413. The van der Waals surface area contributed by atoms with Gasteiger partial charge >= 0.3 is 5.97 Å². The highest BCUT2D eigenvalue weighted by atomic mass is 32.2. The summed E-state index contributed by atoms with van der Waals surface area (Å²) in [6.45, 7) is 8.47. The molecule has 4 N–H and O–H groups in total. The largest absolute Gasteiger partial charge is 0.477 e. The first-order valence-corrected chi connectivity index (χ1v) is 13.1. The zero-order valence-corrected chi connectivity index (χ0v) is 21.1. The summed E-state index contributed by atoms with van der Waals surface area (Å²) in [6, 6.07) is -0.648. The highest BCUT2D eigenvalue weighted by Crippen LogP contribution is 2.52. The summed E-state index contributed by atoms with van der Waals surface area (Å²) in [4.78, 5) is 45.4. The lowest BCUT2D eigenvalue weighted by molar-refractivity contribution is -0.163. The molecular weight excluding hydrogens is 480 g/mol. The monoisotopic (exact) mass is 510 g/mol. The fourth-order valence-electron chi connectivity index (χ4n) is 4.71. The molecule has 0 saturated carbocycles. The highest BCUT2D eigenvalue weighted by Gasteiger charge is 2.60. The second-order valence-electron chi connectivity index (χ2n) is 9.44. The number of aromatic nitrogens is 1. The minimum Gasteiger partial charge on any atom is -0.477 e. The van der Waals surface area contributed by atoms with Gasteiger partial charge < -0.3 is 30.4 Å². The Morgan fingerprint density at radius 1 is 1.32 bits per heavy atom. The Bertz CT molecular complexity index is 1020. The summed E-state index contributed by atoms with van der Waals surface area (Å²) in [5, 5.41) is 34.5. The number of anilines is 1. The predicted octanol–water partition coefficient (Wildman–Crippen LogP) is 0.965. The zero-order chi connectivity index (χ0) is 24.9. The number of amides is 2. The average Bonchev–Trinajstić information content (AvgIpc) is 3.30. The van der Waals surface area contributed by atoms with Crippen LogP contribution in [0.1, 0.15) is 38.2 Å². The van der Waals surface area contributed by atoms with Crippen LogP contribution < -0.4 is 10.2 Å². The average molecular weight is 511 g/mol. The van der Waals surface area contributed by atoms with Crippen molar-refractivity contribution in [2.75, 3.05) is 24.6 Å². The molecular formula is C22H30N4O6S2. The molecule has 0 unspecified atom stereocenters.